The Morgan fingerprint density at radius 3 is 1.05 bits per heavy atom. The van der Waals surface area contributed by atoms with Crippen LogP contribution in [-0.4, -0.2) is 29.9 Å². The number of rotatable bonds is 3. The molecule has 322 valence electrons. The van der Waals surface area contributed by atoms with E-state index in [1.54, 1.807) is 25.4 Å². The largest absolute Gasteiger partial charge is 0.303 e. The average molecular weight is 805 g/mol. The molecule has 0 aliphatic carbocycles. The van der Waals surface area contributed by atoms with Gasteiger partial charge in [0.05, 0.1) is 0 Å². The van der Waals surface area contributed by atoms with E-state index in [-0.39, 0.29) is 11.5 Å². The van der Waals surface area contributed by atoms with Crippen LogP contribution < -0.4 is 0 Å². The van der Waals surface area contributed by atoms with Crippen molar-refractivity contribution in [2.45, 2.75) is 150 Å². The van der Waals surface area contributed by atoms with Crippen LogP contribution in [0, 0.1) is 41.5 Å². The van der Waals surface area contributed by atoms with Crippen molar-refractivity contribution in [3.63, 3.8) is 0 Å². The minimum absolute atomic E-state index is 0.178. The Morgan fingerprint density at radius 1 is 0.421 bits per heavy atom. The fraction of sp³-hybridized carbons (Fsp3) is 0.478. The minimum Gasteiger partial charge on any atom is -0.261 e. The van der Waals surface area contributed by atoms with Gasteiger partial charge in [-0.15, -0.1) is 0 Å². The first kappa shape index (κ1) is 61.5. The quantitative estimate of drug-likeness (QED) is 0.169. The van der Waals surface area contributed by atoms with Gasteiger partial charge in [-0.05, 0) is 82.9 Å². The number of hydrogen-bond acceptors (Lipinski definition) is 6. The standard InChI is InChI=1S/C8H9F2N.C7H8F2N2.C7H9FN2.C7H9N.C7H8.5C2H6/c1-6-3-4-7(11-5-6)8(2,9)10;1-5-3-10-6(11-4-5)7(2,8)9;1-5-3-9-7(6(2)8)10-4-5;1-6-3-4-7(2)8-5-6;1-7-5-3-2-4-6-7;5*1-2/h3-5H,1-2H3;3-4H,1-2H3;3-4,6H,1-2H3;3-5H,1-2H3;2-6H,1H3;5*1-2H3. The Hall–Kier alpha value is -4.67. The first-order valence-corrected chi connectivity index (χ1v) is 19.7. The van der Waals surface area contributed by atoms with Gasteiger partial charge in [0.15, 0.2) is 17.8 Å². The Balaban J connectivity index is -0.000000188. The van der Waals surface area contributed by atoms with Crippen molar-refractivity contribution in [3.05, 3.63) is 143 Å². The number of aromatic nitrogens is 6. The maximum absolute atomic E-state index is 12.5. The Bertz CT molecular complexity index is 1460. The van der Waals surface area contributed by atoms with E-state index in [2.05, 4.69) is 55.0 Å². The topological polar surface area (TPSA) is 77.3 Å². The highest BCUT2D eigenvalue weighted by Crippen LogP contribution is 2.24. The summed E-state index contributed by atoms with van der Waals surface area (Å²) >= 11 is 0. The van der Waals surface area contributed by atoms with E-state index >= 15 is 0 Å². The summed E-state index contributed by atoms with van der Waals surface area (Å²) in [6, 6.07) is 17.3. The van der Waals surface area contributed by atoms with E-state index in [9.17, 15) is 22.0 Å². The Kier molecular flexibility index (Phi) is 41.3. The van der Waals surface area contributed by atoms with Gasteiger partial charge in [0.2, 0.25) is 0 Å². The van der Waals surface area contributed by atoms with E-state index in [0.717, 1.165) is 36.2 Å². The summed E-state index contributed by atoms with van der Waals surface area (Å²) < 4.78 is 62.4. The van der Waals surface area contributed by atoms with Crippen LogP contribution in [-0.2, 0) is 11.8 Å². The number of alkyl halides is 5. The smallest absolute Gasteiger partial charge is 0.261 e. The molecule has 0 bridgehead atoms. The maximum Gasteiger partial charge on any atom is 0.303 e. The predicted molar refractivity (Wildman–Crippen MR) is 233 cm³/mol. The molecular formula is C46H73F5N6. The molecule has 0 spiro atoms. The van der Waals surface area contributed by atoms with E-state index in [0.29, 0.717) is 0 Å². The first-order chi connectivity index (χ1) is 26.9. The van der Waals surface area contributed by atoms with Gasteiger partial charge in [-0.1, -0.05) is 117 Å². The van der Waals surface area contributed by atoms with Crippen LogP contribution in [0.15, 0.2) is 91.8 Å². The zero-order valence-electron chi connectivity index (χ0n) is 38.3. The van der Waals surface area contributed by atoms with Crippen LogP contribution in [0.3, 0.4) is 0 Å². The third-order valence-electron chi connectivity index (χ3n) is 5.69. The fourth-order valence-corrected chi connectivity index (χ4v) is 3.03. The number of pyridine rings is 2. The van der Waals surface area contributed by atoms with E-state index in [1.807, 2.05) is 127 Å². The molecule has 11 heteroatoms. The predicted octanol–water partition coefficient (Wildman–Crippen LogP) is 15.0. The van der Waals surface area contributed by atoms with Gasteiger partial charge in [0.25, 0.3) is 5.92 Å². The van der Waals surface area contributed by atoms with Crippen molar-refractivity contribution < 1.29 is 22.0 Å². The molecule has 0 saturated heterocycles. The van der Waals surface area contributed by atoms with Crippen LogP contribution >= 0.6 is 0 Å². The van der Waals surface area contributed by atoms with Crippen LogP contribution in [0.5, 0.6) is 0 Å². The molecule has 0 aliphatic heterocycles. The molecule has 0 saturated carbocycles. The van der Waals surface area contributed by atoms with Gasteiger partial charge in [0, 0.05) is 56.7 Å². The van der Waals surface area contributed by atoms with Crippen LogP contribution in [0.1, 0.15) is 147 Å². The first-order valence-electron chi connectivity index (χ1n) is 19.7. The van der Waals surface area contributed by atoms with Gasteiger partial charge in [-0.25, -0.2) is 24.3 Å². The summed E-state index contributed by atoms with van der Waals surface area (Å²) in [6.07, 6.45) is 8.21. The van der Waals surface area contributed by atoms with E-state index in [1.165, 1.54) is 42.7 Å². The lowest BCUT2D eigenvalue weighted by molar-refractivity contribution is 0.00756. The summed E-state index contributed by atoms with van der Waals surface area (Å²) in [7, 11) is 0. The highest BCUT2D eigenvalue weighted by molar-refractivity contribution is 5.15. The molecule has 1 unspecified atom stereocenters. The minimum atomic E-state index is -2.94. The second-order valence-electron chi connectivity index (χ2n) is 10.9. The molecule has 57 heavy (non-hydrogen) atoms. The lowest BCUT2D eigenvalue weighted by atomic mass is 10.2. The SMILES string of the molecule is CC.CC.CC.CC.CC.Cc1ccc(C(C)(F)F)nc1.Cc1ccc(C)nc1.Cc1ccccc1.Cc1cnc(C(C)(F)F)nc1.Cc1cnc(C(C)F)nc1. The van der Waals surface area contributed by atoms with Crippen LogP contribution in [0.4, 0.5) is 22.0 Å². The molecule has 0 amide bonds. The van der Waals surface area contributed by atoms with Crippen molar-refractivity contribution in [1.82, 2.24) is 29.9 Å². The molecular weight excluding hydrogens is 732 g/mol. The summed E-state index contributed by atoms with van der Waals surface area (Å²) in [5.74, 6) is -5.94. The molecule has 5 aromatic rings. The van der Waals surface area contributed by atoms with Crippen LogP contribution in [0.2, 0.25) is 0 Å². The molecule has 4 heterocycles. The zero-order chi connectivity index (χ0) is 45.6. The van der Waals surface area contributed by atoms with Gasteiger partial charge in [-0.3, -0.25) is 9.97 Å². The molecule has 0 fully saturated rings. The van der Waals surface area contributed by atoms with Gasteiger partial charge >= 0.3 is 5.92 Å². The van der Waals surface area contributed by atoms with Crippen molar-refractivity contribution in [2.75, 3.05) is 0 Å². The Morgan fingerprint density at radius 2 is 0.789 bits per heavy atom. The highest BCUT2D eigenvalue weighted by Gasteiger charge is 2.27. The van der Waals surface area contributed by atoms with E-state index in [4.69, 9.17) is 0 Å². The third kappa shape index (κ3) is 35.5. The van der Waals surface area contributed by atoms with Gasteiger partial charge in [0.1, 0.15) is 5.69 Å². The van der Waals surface area contributed by atoms with Gasteiger partial charge in [-0.2, -0.15) is 17.6 Å². The molecule has 0 N–H and O–H groups in total. The second kappa shape index (κ2) is 38.2. The molecule has 5 rings (SSSR count). The highest BCUT2D eigenvalue weighted by atomic mass is 19.3. The lowest BCUT2D eigenvalue weighted by Crippen LogP contribution is -2.11. The van der Waals surface area contributed by atoms with Crippen LogP contribution in [0.25, 0.3) is 0 Å². The maximum atomic E-state index is 12.5. The second-order valence-corrected chi connectivity index (χ2v) is 10.9. The van der Waals surface area contributed by atoms with Crippen molar-refractivity contribution >= 4 is 0 Å². The Labute approximate surface area is 343 Å². The number of nitrogens with zero attached hydrogens (tertiary/aromatic N) is 6. The fourth-order valence-electron chi connectivity index (χ4n) is 3.03. The number of hydrogen-bond donors (Lipinski definition) is 0. The summed E-state index contributed by atoms with van der Waals surface area (Å²) in [4.78, 5) is 22.2. The molecule has 4 aromatic heterocycles. The number of benzene rings is 1. The number of aryl methyl sites for hydroxylation is 6. The average Bonchev–Trinajstić information content (AvgIpc) is 3.21. The summed E-state index contributed by atoms with van der Waals surface area (Å²) in [5.41, 5.74) is 6.05. The summed E-state index contributed by atoms with van der Waals surface area (Å²) in [6.45, 7) is 34.6. The molecule has 0 radical (unpaired) electrons. The van der Waals surface area contributed by atoms with E-state index < -0.39 is 23.8 Å². The van der Waals surface area contributed by atoms with Crippen molar-refractivity contribution in [2.24, 2.45) is 0 Å². The van der Waals surface area contributed by atoms with Crippen molar-refractivity contribution in [3.8, 4) is 0 Å². The zero-order valence-corrected chi connectivity index (χ0v) is 38.3. The molecule has 0 aliphatic rings. The van der Waals surface area contributed by atoms with Crippen molar-refractivity contribution in [1.29, 1.82) is 0 Å². The lowest BCUT2D eigenvalue weighted by Gasteiger charge is -2.08. The molecule has 1 aromatic carbocycles. The third-order valence-corrected chi connectivity index (χ3v) is 5.69. The normalized spacial score (nSPS) is 9.68. The monoisotopic (exact) mass is 805 g/mol. The molecule has 6 nitrogen and oxygen atoms in total. The van der Waals surface area contributed by atoms with Gasteiger partial charge < -0.3 is 0 Å². The number of halogens is 5. The molecule has 1 atom stereocenters. The summed E-state index contributed by atoms with van der Waals surface area (Å²) in [5, 5.41) is 0.